The number of carbonyl (C=O) groups is 1. The molecule has 1 amide bonds. The van der Waals surface area contributed by atoms with Crippen molar-refractivity contribution in [2.75, 3.05) is 20.8 Å². The lowest BCUT2D eigenvalue weighted by molar-refractivity contribution is -0.122. The van der Waals surface area contributed by atoms with Crippen molar-refractivity contribution in [3.8, 4) is 11.5 Å². The van der Waals surface area contributed by atoms with Crippen LogP contribution in [0, 0.1) is 5.92 Å². The summed E-state index contributed by atoms with van der Waals surface area (Å²) < 4.78 is 11.7. The van der Waals surface area contributed by atoms with E-state index in [0.29, 0.717) is 11.5 Å². The summed E-state index contributed by atoms with van der Waals surface area (Å²) in [5.74, 6) is 0.460. The Morgan fingerprint density at radius 2 is 2.21 bits per heavy atom. The molecule has 1 rings (SSSR count). The highest BCUT2D eigenvalue weighted by Gasteiger charge is 2.15. The monoisotopic (exact) mass is 330 g/mol. The summed E-state index contributed by atoms with van der Waals surface area (Å²) in [6.45, 7) is 2.67. The van der Waals surface area contributed by atoms with Gasteiger partial charge in [-0.3, -0.25) is 4.79 Å². The minimum absolute atomic E-state index is 0.218. The van der Waals surface area contributed by atoms with Crippen LogP contribution in [-0.4, -0.2) is 26.7 Å². The van der Waals surface area contributed by atoms with Crippen molar-refractivity contribution in [1.82, 2.24) is 5.32 Å². The minimum atomic E-state index is -0.387. The van der Waals surface area contributed by atoms with E-state index in [1.165, 1.54) is 0 Å². The number of rotatable bonds is 7. The van der Waals surface area contributed by atoms with Crippen LogP contribution < -0.4 is 20.5 Å². The highest BCUT2D eigenvalue weighted by atomic mass is 79.9. The summed E-state index contributed by atoms with van der Waals surface area (Å²) in [7, 11) is 3.45. The van der Waals surface area contributed by atoms with Crippen LogP contribution in [0.25, 0.3) is 0 Å². The van der Waals surface area contributed by atoms with Crippen molar-refractivity contribution in [3.63, 3.8) is 0 Å². The SMILES string of the molecule is CNCc1cc(Br)c(OCC(C)C(N)=O)c(OC)c1. The topological polar surface area (TPSA) is 73.6 Å². The second-order valence-corrected chi connectivity index (χ2v) is 5.11. The zero-order valence-electron chi connectivity index (χ0n) is 11.3. The van der Waals surface area contributed by atoms with Crippen LogP contribution in [0.2, 0.25) is 0 Å². The first-order chi connectivity index (χ1) is 8.99. The first-order valence-electron chi connectivity index (χ1n) is 5.92. The van der Waals surface area contributed by atoms with Gasteiger partial charge in [0.2, 0.25) is 5.91 Å². The van der Waals surface area contributed by atoms with Gasteiger partial charge >= 0.3 is 0 Å². The average molecular weight is 331 g/mol. The molecule has 0 aromatic heterocycles. The molecule has 0 spiro atoms. The molecule has 0 radical (unpaired) electrons. The molecule has 1 unspecified atom stereocenters. The Morgan fingerprint density at radius 3 is 2.74 bits per heavy atom. The van der Waals surface area contributed by atoms with E-state index in [0.717, 1.165) is 16.6 Å². The van der Waals surface area contributed by atoms with E-state index in [2.05, 4.69) is 21.2 Å². The molecule has 0 saturated heterocycles. The predicted molar refractivity (Wildman–Crippen MR) is 77.3 cm³/mol. The fourth-order valence-electron chi connectivity index (χ4n) is 1.51. The van der Waals surface area contributed by atoms with E-state index < -0.39 is 0 Å². The van der Waals surface area contributed by atoms with Crippen molar-refractivity contribution in [2.24, 2.45) is 11.7 Å². The van der Waals surface area contributed by atoms with Gasteiger partial charge in [0.05, 0.1) is 24.1 Å². The molecule has 1 aromatic carbocycles. The van der Waals surface area contributed by atoms with Gasteiger partial charge in [0.25, 0.3) is 0 Å². The molecule has 6 heteroatoms. The summed E-state index contributed by atoms with van der Waals surface area (Å²) in [4.78, 5) is 11.0. The Balaban J connectivity index is 2.90. The van der Waals surface area contributed by atoms with E-state index >= 15 is 0 Å². The molecule has 19 heavy (non-hydrogen) atoms. The summed E-state index contributed by atoms with van der Waals surface area (Å²) in [5, 5.41) is 3.07. The highest BCUT2D eigenvalue weighted by Crippen LogP contribution is 2.36. The van der Waals surface area contributed by atoms with Gasteiger partial charge in [-0.25, -0.2) is 0 Å². The number of amides is 1. The molecule has 0 fully saturated rings. The highest BCUT2D eigenvalue weighted by molar-refractivity contribution is 9.10. The molecule has 1 atom stereocenters. The number of methoxy groups -OCH3 is 1. The van der Waals surface area contributed by atoms with Gasteiger partial charge < -0.3 is 20.5 Å². The fraction of sp³-hybridized carbons (Fsp3) is 0.462. The second-order valence-electron chi connectivity index (χ2n) is 4.25. The largest absolute Gasteiger partial charge is 0.493 e. The van der Waals surface area contributed by atoms with Gasteiger partial charge in [0.15, 0.2) is 11.5 Å². The van der Waals surface area contributed by atoms with Gasteiger partial charge in [0.1, 0.15) is 0 Å². The van der Waals surface area contributed by atoms with Crippen molar-refractivity contribution in [3.05, 3.63) is 22.2 Å². The minimum Gasteiger partial charge on any atom is -0.493 e. The molecular formula is C13H19BrN2O3. The summed E-state index contributed by atoms with van der Waals surface area (Å²) in [5.41, 5.74) is 6.27. The molecule has 106 valence electrons. The molecule has 0 bridgehead atoms. The Bertz CT molecular complexity index is 452. The Labute approximate surface area is 121 Å². The molecular weight excluding hydrogens is 312 g/mol. The molecule has 5 nitrogen and oxygen atoms in total. The van der Waals surface area contributed by atoms with Crippen molar-refractivity contribution >= 4 is 21.8 Å². The molecule has 0 aliphatic heterocycles. The van der Waals surface area contributed by atoms with Gasteiger partial charge in [-0.15, -0.1) is 0 Å². The summed E-state index contributed by atoms with van der Waals surface area (Å²) >= 11 is 3.45. The van der Waals surface area contributed by atoms with E-state index in [-0.39, 0.29) is 18.4 Å². The number of carbonyl (C=O) groups excluding carboxylic acids is 1. The van der Waals surface area contributed by atoms with Crippen LogP contribution in [0.4, 0.5) is 0 Å². The zero-order chi connectivity index (χ0) is 14.4. The quantitative estimate of drug-likeness (QED) is 0.797. The van der Waals surface area contributed by atoms with E-state index in [1.54, 1.807) is 14.0 Å². The predicted octanol–water partition coefficient (Wildman–Crippen LogP) is 1.68. The maximum atomic E-state index is 11.0. The van der Waals surface area contributed by atoms with E-state index in [1.807, 2.05) is 19.2 Å². The molecule has 0 aliphatic carbocycles. The Morgan fingerprint density at radius 1 is 1.53 bits per heavy atom. The van der Waals surface area contributed by atoms with Crippen molar-refractivity contribution in [1.29, 1.82) is 0 Å². The van der Waals surface area contributed by atoms with Gasteiger partial charge in [-0.05, 0) is 40.7 Å². The van der Waals surface area contributed by atoms with Gasteiger partial charge in [0, 0.05) is 6.54 Å². The lowest BCUT2D eigenvalue weighted by Gasteiger charge is -2.16. The molecule has 3 N–H and O–H groups in total. The lowest BCUT2D eigenvalue weighted by atomic mass is 10.2. The lowest BCUT2D eigenvalue weighted by Crippen LogP contribution is -2.26. The third kappa shape index (κ3) is 4.40. The maximum Gasteiger partial charge on any atom is 0.223 e. The van der Waals surface area contributed by atoms with Gasteiger partial charge in [-0.1, -0.05) is 6.92 Å². The van der Waals surface area contributed by atoms with Crippen molar-refractivity contribution < 1.29 is 14.3 Å². The third-order valence-corrected chi connectivity index (χ3v) is 3.22. The smallest absolute Gasteiger partial charge is 0.223 e. The normalized spacial score (nSPS) is 12.0. The molecule has 0 saturated carbocycles. The molecule has 0 heterocycles. The number of nitrogens with two attached hydrogens (primary N) is 1. The van der Waals surface area contributed by atoms with Gasteiger partial charge in [-0.2, -0.15) is 0 Å². The van der Waals surface area contributed by atoms with Crippen LogP contribution in [0.15, 0.2) is 16.6 Å². The number of hydrogen-bond acceptors (Lipinski definition) is 4. The van der Waals surface area contributed by atoms with Crippen LogP contribution in [0.1, 0.15) is 12.5 Å². The Hall–Kier alpha value is -1.27. The number of ether oxygens (including phenoxy) is 2. The first-order valence-corrected chi connectivity index (χ1v) is 6.72. The molecule has 1 aromatic rings. The maximum absolute atomic E-state index is 11.0. The van der Waals surface area contributed by atoms with Crippen molar-refractivity contribution in [2.45, 2.75) is 13.5 Å². The first kappa shape index (κ1) is 15.8. The van der Waals surface area contributed by atoms with Crippen LogP contribution in [-0.2, 0) is 11.3 Å². The summed E-state index contributed by atoms with van der Waals surface area (Å²) in [6.07, 6.45) is 0. The Kier molecular flexibility index (Phi) is 6.11. The number of halogens is 1. The third-order valence-electron chi connectivity index (χ3n) is 2.63. The van der Waals surface area contributed by atoms with E-state index in [4.69, 9.17) is 15.2 Å². The number of hydrogen-bond donors (Lipinski definition) is 2. The van der Waals surface area contributed by atoms with Crippen LogP contribution >= 0.6 is 15.9 Å². The number of benzene rings is 1. The molecule has 0 aliphatic rings. The van der Waals surface area contributed by atoms with Crippen LogP contribution in [0.3, 0.4) is 0 Å². The number of primary amides is 1. The van der Waals surface area contributed by atoms with Crippen LogP contribution in [0.5, 0.6) is 11.5 Å². The second kappa shape index (κ2) is 7.35. The standard InChI is InChI=1S/C13H19BrN2O3/c1-8(13(15)17)7-19-12-10(14)4-9(6-16-2)5-11(12)18-3/h4-5,8,16H,6-7H2,1-3H3,(H2,15,17). The summed E-state index contributed by atoms with van der Waals surface area (Å²) in [6, 6.07) is 3.84. The fourth-order valence-corrected chi connectivity index (χ4v) is 2.11. The average Bonchev–Trinajstić information content (AvgIpc) is 2.36. The zero-order valence-corrected chi connectivity index (χ0v) is 12.9. The van der Waals surface area contributed by atoms with E-state index in [9.17, 15) is 4.79 Å². The number of nitrogens with one attached hydrogen (secondary N) is 1.